The van der Waals surface area contributed by atoms with E-state index in [9.17, 15) is 0 Å². The largest absolute Gasteiger partial charge is 0.296 e. The normalized spacial score (nSPS) is 11.1. The van der Waals surface area contributed by atoms with Gasteiger partial charge in [-0.25, -0.2) is 4.98 Å². The third-order valence-electron chi connectivity index (χ3n) is 2.30. The molecule has 0 saturated carbocycles. The van der Waals surface area contributed by atoms with Crippen LogP contribution in [-0.4, -0.2) is 21.9 Å². The number of halogens is 2. The predicted octanol–water partition coefficient (Wildman–Crippen LogP) is 3.48. The SMILES string of the molecule is CN(Cc1cscn1)Cc1c(Cl)cncc1Cl. The summed E-state index contributed by atoms with van der Waals surface area (Å²) in [7, 11) is 2.01. The van der Waals surface area contributed by atoms with Crippen molar-refractivity contribution in [3.05, 3.63) is 44.6 Å². The topological polar surface area (TPSA) is 29.0 Å². The lowest BCUT2D eigenvalue weighted by molar-refractivity contribution is 0.316. The van der Waals surface area contributed by atoms with E-state index in [1.165, 1.54) is 0 Å². The van der Waals surface area contributed by atoms with Crippen LogP contribution in [0.2, 0.25) is 10.0 Å². The highest BCUT2D eigenvalue weighted by molar-refractivity contribution is 7.07. The summed E-state index contributed by atoms with van der Waals surface area (Å²) < 4.78 is 0. The lowest BCUT2D eigenvalue weighted by atomic mass is 10.2. The Morgan fingerprint density at radius 1 is 1.24 bits per heavy atom. The molecule has 0 atom stereocenters. The monoisotopic (exact) mass is 287 g/mol. The van der Waals surface area contributed by atoms with Gasteiger partial charge in [0.2, 0.25) is 0 Å². The first-order valence-electron chi connectivity index (χ1n) is 5.00. The van der Waals surface area contributed by atoms with Gasteiger partial charge in [-0.3, -0.25) is 9.88 Å². The summed E-state index contributed by atoms with van der Waals surface area (Å²) in [4.78, 5) is 10.3. The maximum atomic E-state index is 6.07. The van der Waals surface area contributed by atoms with E-state index < -0.39 is 0 Å². The van der Waals surface area contributed by atoms with Gasteiger partial charge in [0.25, 0.3) is 0 Å². The lowest BCUT2D eigenvalue weighted by Crippen LogP contribution is -2.18. The van der Waals surface area contributed by atoms with Crippen LogP contribution < -0.4 is 0 Å². The van der Waals surface area contributed by atoms with Crippen LogP contribution in [0.25, 0.3) is 0 Å². The Labute approximate surface area is 114 Å². The highest BCUT2D eigenvalue weighted by Crippen LogP contribution is 2.24. The van der Waals surface area contributed by atoms with Gasteiger partial charge in [-0.1, -0.05) is 23.2 Å². The van der Waals surface area contributed by atoms with Gasteiger partial charge in [0.05, 0.1) is 21.2 Å². The first-order chi connectivity index (χ1) is 8.16. The van der Waals surface area contributed by atoms with Gasteiger partial charge in [-0.05, 0) is 7.05 Å². The molecule has 0 radical (unpaired) electrons. The van der Waals surface area contributed by atoms with E-state index in [-0.39, 0.29) is 0 Å². The van der Waals surface area contributed by atoms with Gasteiger partial charge >= 0.3 is 0 Å². The molecule has 17 heavy (non-hydrogen) atoms. The molecule has 2 heterocycles. The molecule has 0 unspecified atom stereocenters. The molecule has 0 bridgehead atoms. The molecule has 0 aliphatic rings. The summed E-state index contributed by atoms with van der Waals surface area (Å²) in [6, 6.07) is 0. The highest BCUT2D eigenvalue weighted by atomic mass is 35.5. The van der Waals surface area contributed by atoms with E-state index >= 15 is 0 Å². The zero-order valence-electron chi connectivity index (χ0n) is 9.23. The van der Waals surface area contributed by atoms with Crippen LogP contribution in [0.15, 0.2) is 23.3 Å². The van der Waals surface area contributed by atoms with E-state index in [0.717, 1.165) is 17.8 Å². The molecule has 0 saturated heterocycles. The summed E-state index contributed by atoms with van der Waals surface area (Å²) in [5, 5.41) is 3.23. The molecule has 0 aromatic carbocycles. The standard InChI is InChI=1S/C11H11Cl2N3S/c1-16(4-8-6-17-7-15-8)5-9-10(12)2-14-3-11(9)13/h2-3,6-7H,4-5H2,1H3. The van der Waals surface area contributed by atoms with Crippen molar-refractivity contribution in [1.29, 1.82) is 0 Å². The van der Waals surface area contributed by atoms with Crippen molar-refractivity contribution in [1.82, 2.24) is 14.9 Å². The number of nitrogens with zero attached hydrogens (tertiary/aromatic N) is 3. The molecule has 0 aliphatic carbocycles. The van der Waals surface area contributed by atoms with Crippen molar-refractivity contribution in [3.63, 3.8) is 0 Å². The van der Waals surface area contributed by atoms with E-state index in [2.05, 4.69) is 14.9 Å². The summed E-state index contributed by atoms with van der Waals surface area (Å²) >= 11 is 13.7. The van der Waals surface area contributed by atoms with Crippen LogP contribution in [0.4, 0.5) is 0 Å². The van der Waals surface area contributed by atoms with Crippen molar-refractivity contribution >= 4 is 34.5 Å². The molecular formula is C11H11Cl2N3S. The van der Waals surface area contributed by atoms with Crippen LogP contribution in [0, 0.1) is 0 Å². The molecule has 2 aromatic heterocycles. The summed E-state index contributed by atoms with van der Waals surface area (Å²) in [6.45, 7) is 1.45. The summed E-state index contributed by atoms with van der Waals surface area (Å²) in [5.41, 5.74) is 3.79. The van der Waals surface area contributed by atoms with Crippen LogP contribution >= 0.6 is 34.5 Å². The Bertz CT molecular complexity index is 467. The Balaban J connectivity index is 2.05. The molecule has 0 N–H and O–H groups in total. The van der Waals surface area contributed by atoms with Crippen molar-refractivity contribution in [2.75, 3.05) is 7.05 Å². The van der Waals surface area contributed by atoms with Crippen molar-refractivity contribution in [2.24, 2.45) is 0 Å². The fourth-order valence-electron chi connectivity index (χ4n) is 1.51. The first kappa shape index (κ1) is 12.8. The van der Waals surface area contributed by atoms with E-state index in [0.29, 0.717) is 16.6 Å². The quantitative estimate of drug-likeness (QED) is 0.862. The minimum Gasteiger partial charge on any atom is -0.296 e. The van der Waals surface area contributed by atoms with Crippen LogP contribution in [0.3, 0.4) is 0 Å². The number of rotatable bonds is 4. The average Bonchev–Trinajstić information content (AvgIpc) is 2.76. The molecule has 2 rings (SSSR count). The maximum Gasteiger partial charge on any atom is 0.0795 e. The second kappa shape index (κ2) is 5.78. The molecule has 2 aromatic rings. The van der Waals surface area contributed by atoms with Crippen LogP contribution in [0.1, 0.15) is 11.3 Å². The van der Waals surface area contributed by atoms with E-state index in [1.807, 2.05) is 17.9 Å². The number of hydrogen-bond donors (Lipinski definition) is 0. The predicted molar refractivity (Wildman–Crippen MR) is 71.5 cm³/mol. The second-order valence-electron chi connectivity index (χ2n) is 3.73. The smallest absolute Gasteiger partial charge is 0.0795 e. The zero-order chi connectivity index (χ0) is 12.3. The molecular weight excluding hydrogens is 277 g/mol. The van der Waals surface area contributed by atoms with Crippen molar-refractivity contribution in [2.45, 2.75) is 13.1 Å². The van der Waals surface area contributed by atoms with Crippen LogP contribution in [-0.2, 0) is 13.1 Å². The fraction of sp³-hybridized carbons (Fsp3) is 0.273. The second-order valence-corrected chi connectivity index (χ2v) is 5.27. The number of pyridine rings is 1. The Hall–Kier alpha value is -0.680. The first-order valence-corrected chi connectivity index (χ1v) is 6.70. The van der Waals surface area contributed by atoms with Gasteiger partial charge < -0.3 is 0 Å². The molecule has 0 aliphatic heterocycles. The summed E-state index contributed by atoms with van der Waals surface area (Å²) in [5.74, 6) is 0. The van der Waals surface area contributed by atoms with Crippen molar-refractivity contribution < 1.29 is 0 Å². The minimum absolute atomic E-state index is 0.600. The van der Waals surface area contributed by atoms with Crippen molar-refractivity contribution in [3.8, 4) is 0 Å². The summed E-state index contributed by atoms with van der Waals surface area (Å²) in [6.07, 6.45) is 3.22. The maximum absolute atomic E-state index is 6.07. The Morgan fingerprint density at radius 2 is 1.94 bits per heavy atom. The van der Waals surface area contributed by atoms with Gasteiger partial charge in [0, 0.05) is 36.4 Å². The third-order valence-corrected chi connectivity index (χ3v) is 3.58. The zero-order valence-corrected chi connectivity index (χ0v) is 11.6. The number of aromatic nitrogens is 2. The van der Waals surface area contributed by atoms with Gasteiger partial charge in [-0.15, -0.1) is 11.3 Å². The average molecular weight is 288 g/mol. The molecule has 6 heteroatoms. The number of thiazole rings is 1. The molecule has 3 nitrogen and oxygen atoms in total. The minimum atomic E-state index is 0.600. The molecule has 0 spiro atoms. The van der Waals surface area contributed by atoms with Crippen LogP contribution in [0.5, 0.6) is 0 Å². The Kier molecular flexibility index (Phi) is 4.34. The van der Waals surface area contributed by atoms with Gasteiger partial charge in [-0.2, -0.15) is 0 Å². The third kappa shape index (κ3) is 3.39. The van der Waals surface area contributed by atoms with E-state index in [4.69, 9.17) is 23.2 Å². The lowest BCUT2D eigenvalue weighted by Gasteiger charge is -2.16. The Morgan fingerprint density at radius 3 is 2.53 bits per heavy atom. The number of hydrogen-bond acceptors (Lipinski definition) is 4. The van der Waals surface area contributed by atoms with Gasteiger partial charge in [0.15, 0.2) is 0 Å². The molecule has 0 amide bonds. The fourth-order valence-corrected chi connectivity index (χ4v) is 2.54. The highest BCUT2D eigenvalue weighted by Gasteiger charge is 2.10. The molecule has 0 fully saturated rings. The molecule has 90 valence electrons. The van der Waals surface area contributed by atoms with Gasteiger partial charge in [0.1, 0.15) is 0 Å². The van der Waals surface area contributed by atoms with E-state index in [1.54, 1.807) is 23.7 Å².